The molecular weight excluding hydrogens is 274 g/mol. The van der Waals surface area contributed by atoms with Gasteiger partial charge in [-0.25, -0.2) is 0 Å². The highest BCUT2D eigenvalue weighted by Gasteiger charge is 2.10. The van der Waals surface area contributed by atoms with E-state index in [2.05, 4.69) is 0 Å². The van der Waals surface area contributed by atoms with Gasteiger partial charge >= 0.3 is 0 Å². The minimum Gasteiger partial charge on any atom is -0.497 e. The van der Waals surface area contributed by atoms with Gasteiger partial charge in [-0.3, -0.25) is 0 Å². The number of hydrogen-bond donors (Lipinski definition) is 1. The molecule has 2 aromatic rings. The average molecular weight is 292 g/mol. The summed E-state index contributed by atoms with van der Waals surface area (Å²) in [4.78, 5) is 0. The minimum atomic E-state index is -0.167. The molecule has 20 heavy (non-hydrogen) atoms. The largest absolute Gasteiger partial charge is 0.497 e. The summed E-state index contributed by atoms with van der Waals surface area (Å²) in [6.45, 7) is 0.885. The van der Waals surface area contributed by atoms with Crippen molar-refractivity contribution in [1.29, 1.82) is 0 Å². The van der Waals surface area contributed by atoms with Gasteiger partial charge in [0.05, 0.1) is 19.8 Å². The van der Waals surface area contributed by atoms with Crippen LogP contribution in [0, 0.1) is 0 Å². The molecule has 0 radical (unpaired) electrons. The van der Waals surface area contributed by atoms with Crippen molar-refractivity contribution in [1.82, 2.24) is 0 Å². The molecule has 0 aliphatic carbocycles. The van der Waals surface area contributed by atoms with E-state index in [1.807, 2.05) is 48.5 Å². The van der Waals surface area contributed by atoms with Crippen LogP contribution in [0.5, 0.6) is 5.75 Å². The van der Waals surface area contributed by atoms with Crippen LogP contribution in [0.3, 0.4) is 0 Å². The van der Waals surface area contributed by atoms with E-state index in [4.69, 9.17) is 26.8 Å². The molecule has 0 aromatic heterocycles. The first-order valence-electron chi connectivity index (χ1n) is 6.43. The molecule has 0 saturated carbocycles. The number of hydrogen-bond acceptors (Lipinski definition) is 3. The van der Waals surface area contributed by atoms with Crippen LogP contribution >= 0.6 is 11.6 Å². The fourth-order valence-corrected chi connectivity index (χ4v) is 2.17. The number of nitrogens with two attached hydrogens (primary N) is 1. The van der Waals surface area contributed by atoms with E-state index < -0.39 is 0 Å². The van der Waals surface area contributed by atoms with Crippen LogP contribution in [-0.2, 0) is 11.3 Å². The van der Waals surface area contributed by atoms with Crippen molar-refractivity contribution in [2.75, 3.05) is 13.7 Å². The standard InChI is InChI=1S/C16H18ClNO2/c1-19-15-7-2-4-12(8-15)11-20-16(10-18)13-5-3-6-14(17)9-13/h2-9,16H,10-11,18H2,1H3. The predicted octanol–water partition coefficient (Wildman–Crippen LogP) is 3.57. The number of benzene rings is 2. The van der Waals surface area contributed by atoms with Gasteiger partial charge in [0.15, 0.2) is 0 Å². The molecule has 0 spiro atoms. The molecule has 4 heteroatoms. The summed E-state index contributed by atoms with van der Waals surface area (Å²) in [5.41, 5.74) is 7.82. The van der Waals surface area contributed by atoms with Crippen LogP contribution in [0.1, 0.15) is 17.2 Å². The molecule has 0 fully saturated rings. The summed E-state index contributed by atoms with van der Waals surface area (Å²) >= 11 is 5.99. The Morgan fingerprint density at radius 1 is 1.15 bits per heavy atom. The lowest BCUT2D eigenvalue weighted by atomic mass is 10.1. The molecule has 2 rings (SSSR count). The zero-order valence-corrected chi connectivity index (χ0v) is 12.1. The Morgan fingerprint density at radius 3 is 2.65 bits per heavy atom. The minimum absolute atomic E-state index is 0.167. The maximum Gasteiger partial charge on any atom is 0.119 e. The number of methoxy groups -OCH3 is 1. The van der Waals surface area contributed by atoms with Gasteiger partial charge in [-0.15, -0.1) is 0 Å². The highest BCUT2D eigenvalue weighted by Crippen LogP contribution is 2.22. The lowest BCUT2D eigenvalue weighted by molar-refractivity contribution is 0.0455. The molecule has 106 valence electrons. The lowest BCUT2D eigenvalue weighted by Crippen LogP contribution is -2.15. The third kappa shape index (κ3) is 3.97. The first-order chi connectivity index (χ1) is 9.72. The molecule has 2 N–H and O–H groups in total. The van der Waals surface area contributed by atoms with Crippen molar-refractivity contribution in [3.63, 3.8) is 0 Å². The van der Waals surface area contributed by atoms with Crippen molar-refractivity contribution in [2.45, 2.75) is 12.7 Å². The monoisotopic (exact) mass is 291 g/mol. The molecule has 1 unspecified atom stereocenters. The normalized spacial score (nSPS) is 12.2. The van der Waals surface area contributed by atoms with Crippen molar-refractivity contribution >= 4 is 11.6 Å². The van der Waals surface area contributed by atoms with Gasteiger partial charge in [0.2, 0.25) is 0 Å². The Hall–Kier alpha value is -1.55. The second kappa shape index (κ2) is 7.29. The summed E-state index contributed by atoms with van der Waals surface area (Å²) in [6, 6.07) is 15.4. The van der Waals surface area contributed by atoms with Crippen LogP contribution in [0.4, 0.5) is 0 Å². The Morgan fingerprint density at radius 2 is 1.95 bits per heavy atom. The van der Waals surface area contributed by atoms with Gasteiger partial charge in [-0.2, -0.15) is 0 Å². The molecule has 0 aliphatic rings. The van der Waals surface area contributed by atoms with Gasteiger partial charge in [-0.1, -0.05) is 35.9 Å². The summed E-state index contributed by atoms with van der Waals surface area (Å²) < 4.78 is 11.1. The highest BCUT2D eigenvalue weighted by molar-refractivity contribution is 6.30. The average Bonchev–Trinajstić information content (AvgIpc) is 2.48. The predicted molar refractivity (Wildman–Crippen MR) is 81.0 cm³/mol. The molecule has 0 heterocycles. The van der Waals surface area contributed by atoms with Gasteiger partial charge < -0.3 is 15.2 Å². The molecule has 0 saturated heterocycles. The Labute approximate surface area is 124 Å². The quantitative estimate of drug-likeness (QED) is 0.885. The van der Waals surface area contributed by atoms with E-state index in [1.54, 1.807) is 7.11 Å². The Kier molecular flexibility index (Phi) is 5.41. The lowest BCUT2D eigenvalue weighted by Gasteiger charge is -2.17. The molecule has 0 aliphatic heterocycles. The molecule has 2 aromatic carbocycles. The number of rotatable bonds is 6. The molecule has 1 atom stereocenters. The van der Waals surface area contributed by atoms with Gasteiger partial charge in [0.1, 0.15) is 5.75 Å². The van der Waals surface area contributed by atoms with Crippen molar-refractivity contribution in [2.24, 2.45) is 5.73 Å². The fourth-order valence-electron chi connectivity index (χ4n) is 1.97. The highest BCUT2D eigenvalue weighted by atomic mass is 35.5. The van der Waals surface area contributed by atoms with E-state index in [1.165, 1.54) is 0 Å². The van der Waals surface area contributed by atoms with Crippen LogP contribution < -0.4 is 10.5 Å². The van der Waals surface area contributed by atoms with E-state index in [0.717, 1.165) is 16.9 Å². The van der Waals surface area contributed by atoms with E-state index in [9.17, 15) is 0 Å². The van der Waals surface area contributed by atoms with Crippen LogP contribution in [0.2, 0.25) is 5.02 Å². The summed E-state index contributed by atoms with van der Waals surface area (Å²) in [7, 11) is 1.65. The third-order valence-corrected chi connectivity index (χ3v) is 3.25. The van der Waals surface area contributed by atoms with E-state index in [-0.39, 0.29) is 6.10 Å². The maximum atomic E-state index is 5.99. The van der Waals surface area contributed by atoms with Gasteiger partial charge in [0, 0.05) is 11.6 Å². The number of halogens is 1. The smallest absolute Gasteiger partial charge is 0.119 e. The van der Waals surface area contributed by atoms with Crippen LogP contribution in [-0.4, -0.2) is 13.7 Å². The molecule has 0 bridgehead atoms. The second-order valence-electron chi connectivity index (χ2n) is 4.44. The summed E-state index contributed by atoms with van der Waals surface area (Å²) in [6.07, 6.45) is -0.167. The SMILES string of the molecule is COc1cccc(COC(CN)c2cccc(Cl)c2)c1. The van der Waals surface area contributed by atoms with E-state index >= 15 is 0 Å². The Balaban J connectivity index is 2.03. The second-order valence-corrected chi connectivity index (χ2v) is 4.88. The first kappa shape index (κ1) is 14.9. The topological polar surface area (TPSA) is 44.5 Å². The Bertz CT molecular complexity index is 560. The van der Waals surface area contributed by atoms with Crippen molar-refractivity contribution in [3.8, 4) is 5.75 Å². The number of ether oxygens (including phenoxy) is 2. The first-order valence-corrected chi connectivity index (χ1v) is 6.81. The van der Waals surface area contributed by atoms with Crippen LogP contribution in [0.25, 0.3) is 0 Å². The fraction of sp³-hybridized carbons (Fsp3) is 0.250. The zero-order valence-electron chi connectivity index (χ0n) is 11.4. The maximum absolute atomic E-state index is 5.99. The third-order valence-electron chi connectivity index (χ3n) is 3.02. The van der Waals surface area contributed by atoms with Crippen LogP contribution in [0.15, 0.2) is 48.5 Å². The summed E-state index contributed by atoms with van der Waals surface area (Å²) in [5, 5.41) is 0.686. The van der Waals surface area contributed by atoms with E-state index in [0.29, 0.717) is 18.2 Å². The zero-order chi connectivity index (χ0) is 14.4. The van der Waals surface area contributed by atoms with Gasteiger partial charge in [-0.05, 0) is 35.4 Å². The van der Waals surface area contributed by atoms with Gasteiger partial charge in [0.25, 0.3) is 0 Å². The molecule has 3 nitrogen and oxygen atoms in total. The molecular formula is C16H18ClNO2. The van der Waals surface area contributed by atoms with Crippen molar-refractivity contribution < 1.29 is 9.47 Å². The van der Waals surface area contributed by atoms with Crippen molar-refractivity contribution in [3.05, 3.63) is 64.7 Å². The molecule has 0 amide bonds. The summed E-state index contributed by atoms with van der Waals surface area (Å²) in [5.74, 6) is 0.818.